The lowest BCUT2D eigenvalue weighted by molar-refractivity contribution is -0.387. The molecule has 3 aliphatic rings. The summed E-state index contributed by atoms with van der Waals surface area (Å²) in [6.07, 6.45) is 21.4. The molecule has 516 valence electrons. The number of halogens is 3. The maximum atomic E-state index is 14.2. The van der Waals surface area contributed by atoms with Crippen molar-refractivity contribution in [2.75, 3.05) is 42.4 Å². The molecule has 93 heavy (non-hydrogen) atoms. The summed E-state index contributed by atoms with van der Waals surface area (Å²) in [5.74, 6) is -1.89. The van der Waals surface area contributed by atoms with Crippen LogP contribution in [0, 0.1) is 61.4 Å². The first-order valence-electron chi connectivity index (χ1n) is 32.8. The zero-order valence-electron chi connectivity index (χ0n) is 57.2. The van der Waals surface area contributed by atoms with Gasteiger partial charge in [0.15, 0.2) is 16.8 Å². The molecule has 3 saturated carbocycles. The fraction of sp³-hybridized carbons (Fsp3) is 0.606. The van der Waals surface area contributed by atoms with E-state index in [2.05, 4.69) is 61.4 Å². The van der Waals surface area contributed by atoms with Gasteiger partial charge in [0.05, 0.1) is 54.0 Å². The number of amides is 1. The number of nitro groups is 2. The summed E-state index contributed by atoms with van der Waals surface area (Å²) in [5, 5.41) is 34.7. The molecule has 0 unspecified atom stereocenters. The molecule has 4 aromatic rings. The van der Waals surface area contributed by atoms with Gasteiger partial charge in [-0.3, -0.25) is 25.0 Å². The third kappa shape index (κ3) is 25.3. The maximum absolute atomic E-state index is 14.2. The Bertz CT molecular complexity index is 3080. The highest BCUT2D eigenvalue weighted by Crippen LogP contribution is 2.40. The molecule has 3 fully saturated rings. The van der Waals surface area contributed by atoms with Crippen LogP contribution in [0.25, 0.3) is 0 Å². The van der Waals surface area contributed by atoms with Crippen molar-refractivity contribution in [3.63, 3.8) is 0 Å². The average molecular weight is 1310 g/mol. The third-order valence-corrected chi connectivity index (χ3v) is 16.5. The van der Waals surface area contributed by atoms with Gasteiger partial charge < -0.3 is 43.9 Å². The van der Waals surface area contributed by atoms with Gasteiger partial charge in [-0.25, -0.2) is 23.2 Å². The van der Waals surface area contributed by atoms with Crippen LogP contribution < -0.4 is 29.3 Å². The van der Waals surface area contributed by atoms with Crippen molar-refractivity contribution in [2.24, 2.45) is 23.7 Å². The van der Waals surface area contributed by atoms with Crippen LogP contribution in [0.15, 0.2) is 72.8 Å². The minimum atomic E-state index is -1.47. The summed E-state index contributed by atoms with van der Waals surface area (Å²) in [7, 11) is 2.48. The van der Waals surface area contributed by atoms with Crippen molar-refractivity contribution < 1.29 is 71.0 Å². The van der Waals surface area contributed by atoms with Gasteiger partial charge in [0.2, 0.25) is 11.7 Å². The zero-order chi connectivity index (χ0) is 69.4. The van der Waals surface area contributed by atoms with Gasteiger partial charge in [-0.1, -0.05) is 131 Å². The molecule has 0 radical (unpaired) electrons. The Morgan fingerprint density at radius 3 is 1.43 bits per heavy atom. The van der Waals surface area contributed by atoms with Gasteiger partial charge in [-0.05, 0) is 139 Å². The summed E-state index contributed by atoms with van der Waals surface area (Å²) in [6, 6.07) is 16.8. The highest BCUT2D eigenvalue weighted by atomic mass is 19.1. The lowest BCUT2D eigenvalue weighted by Crippen LogP contribution is -2.40. The Labute approximate surface area is 548 Å². The number of aliphatic carboxylic acids is 1. The van der Waals surface area contributed by atoms with Crippen molar-refractivity contribution in [3.05, 3.63) is 116 Å². The Hall–Kier alpha value is -7.65. The highest BCUT2D eigenvalue weighted by molar-refractivity contribution is 5.96. The van der Waals surface area contributed by atoms with Crippen LogP contribution in [0.3, 0.4) is 0 Å². The van der Waals surface area contributed by atoms with E-state index in [1.165, 1.54) is 118 Å². The molecule has 0 spiro atoms. The number of nitro benzene ring substituents is 2. The second kappa shape index (κ2) is 36.7. The monoisotopic (exact) mass is 1310 g/mol. The topological polar surface area (TPSA) is 239 Å². The second-order valence-electron chi connectivity index (χ2n) is 27.2. The largest absolute Gasteiger partial charge is 0.478 e. The molecule has 0 atom stereocenters. The molecule has 0 heterocycles. The molecular weight excluding hydrogens is 1200 g/mol. The summed E-state index contributed by atoms with van der Waals surface area (Å²) >= 11 is 0. The van der Waals surface area contributed by atoms with Crippen molar-refractivity contribution in [1.82, 2.24) is 0 Å². The van der Waals surface area contributed by atoms with Crippen molar-refractivity contribution in [2.45, 2.75) is 228 Å². The molecule has 19 nitrogen and oxygen atoms in total. The van der Waals surface area contributed by atoms with Gasteiger partial charge in [-0.15, -0.1) is 0 Å². The molecule has 2 N–H and O–H groups in total. The fourth-order valence-electron chi connectivity index (χ4n) is 11.6. The quantitative estimate of drug-likeness (QED) is 0.0356. The van der Waals surface area contributed by atoms with E-state index in [0.29, 0.717) is 41.0 Å². The fourth-order valence-corrected chi connectivity index (χ4v) is 11.6. The summed E-state index contributed by atoms with van der Waals surface area (Å²) in [5.41, 5.74) is -2.75. The van der Waals surface area contributed by atoms with Gasteiger partial charge in [0.25, 0.3) is 5.69 Å². The van der Waals surface area contributed by atoms with Gasteiger partial charge in [0.1, 0.15) is 34.6 Å². The predicted molar refractivity (Wildman–Crippen MR) is 356 cm³/mol. The normalized spacial score (nSPS) is 14.8. The highest BCUT2D eigenvalue weighted by Gasteiger charge is 2.36. The van der Waals surface area contributed by atoms with Crippen LogP contribution in [0.4, 0.5) is 41.6 Å². The lowest BCUT2D eigenvalue weighted by Gasteiger charge is -2.38. The van der Waals surface area contributed by atoms with E-state index in [1.807, 2.05) is 6.07 Å². The number of carboxylic acids is 1. The van der Waals surface area contributed by atoms with Crippen LogP contribution in [0.1, 0.15) is 198 Å². The van der Waals surface area contributed by atoms with Gasteiger partial charge in [-0.2, -0.15) is 4.39 Å². The van der Waals surface area contributed by atoms with Crippen LogP contribution in [-0.2, 0) is 35.1 Å². The molecule has 22 heteroatoms. The Kier molecular flexibility index (Phi) is 30.7. The van der Waals surface area contributed by atoms with Crippen LogP contribution >= 0.6 is 0 Å². The van der Waals surface area contributed by atoms with Crippen LogP contribution in [-0.4, -0.2) is 95.0 Å². The number of methoxy groups -OCH3 is 2. The number of rotatable bonds is 25. The van der Waals surface area contributed by atoms with Crippen LogP contribution in [0.2, 0.25) is 0 Å². The van der Waals surface area contributed by atoms with E-state index in [4.69, 9.17) is 18.9 Å². The number of anilines is 3. The van der Waals surface area contributed by atoms with Crippen LogP contribution in [0.5, 0.6) is 17.2 Å². The van der Waals surface area contributed by atoms with Crippen molar-refractivity contribution >= 4 is 52.3 Å². The first-order valence-corrected chi connectivity index (χ1v) is 32.8. The number of hydrogen-bond donors (Lipinski definition) is 2. The molecular formula is C71H102F3N5O14. The number of nitrogens with one attached hydrogen (secondary N) is 1. The SMILES string of the molecule is CC(C)CCC1CCCCC1.CC(C)CN(c1ccc(OC(C)(C)C(=O)O)cc1NC(=O)Cc1ccc(F)cc1F)C1CCCCC1.COC(=O)C(C)(C)Oc1ccc(F)c([N+](=O)[O-])c1.COC(=O)C(C)(C)Oc1ccc(N(CC(C)C)C2CCCCC2)c([N+](=O)[O-])c1. The second-order valence-corrected chi connectivity index (χ2v) is 27.2. The Morgan fingerprint density at radius 2 is 0.989 bits per heavy atom. The number of carbonyl (C=O) groups excluding carboxylic acids is 3. The minimum Gasteiger partial charge on any atom is -0.478 e. The van der Waals surface area contributed by atoms with E-state index in [0.717, 1.165) is 106 Å². The lowest BCUT2D eigenvalue weighted by atomic mass is 9.85. The Balaban J connectivity index is 0.000000285. The zero-order valence-corrected chi connectivity index (χ0v) is 57.2. The molecule has 0 saturated heterocycles. The molecule has 0 bridgehead atoms. The number of ether oxygens (including phenoxy) is 5. The standard InChI is InChI=1S/C28H36F2N2O4.C21H32N2O5.C11H12FNO5.C11H22/c1-18(2)17-32(21-8-6-5-7-9-21)25-13-12-22(36-28(3,4)27(34)35)16-24(25)31-26(33)14-19-10-11-20(29)15-23(19)30;1-15(2)14-22(16-9-7-6-8-10-16)18-12-11-17(13-19(18)23(25)26)28-21(3,4)20(24)27-5;1-11(2,10(14)17-3)18-7-4-5-8(12)9(6-7)13(15)16;1-10(2)8-9-11-6-4-3-5-7-11/h10-13,15-16,18,21H,5-9,14,17H2,1-4H3,(H,31,33)(H,34,35);11-13,15-16H,6-10,14H2,1-5H3;4-6H,1-3H3;10-11H,3-9H2,1-2H3. The maximum Gasteiger partial charge on any atom is 0.349 e. The number of carboxylic acid groups (broad SMARTS) is 1. The van der Waals surface area contributed by atoms with E-state index in [9.17, 15) is 57.7 Å². The number of nitrogens with zero attached hydrogens (tertiary/aromatic N) is 4. The number of hydrogen-bond acceptors (Lipinski definition) is 15. The van der Waals surface area contributed by atoms with E-state index in [-0.39, 0.29) is 34.1 Å². The van der Waals surface area contributed by atoms with E-state index < -0.39 is 68.7 Å². The number of esters is 2. The first-order chi connectivity index (χ1) is 43.7. The molecule has 0 aromatic heterocycles. The van der Waals surface area contributed by atoms with Gasteiger partial charge in [0, 0.05) is 37.3 Å². The predicted octanol–water partition coefficient (Wildman–Crippen LogP) is 17.0. The van der Waals surface area contributed by atoms with Gasteiger partial charge >= 0.3 is 23.6 Å². The molecule has 7 rings (SSSR count). The van der Waals surface area contributed by atoms with E-state index >= 15 is 0 Å². The van der Waals surface area contributed by atoms with Crippen molar-refractivity contribution in [3.8, 4) is 17.2 Å². The third-order valence-electron chi connectivity index (χ3n) is 16.5. The molecule has 1 amide bonds. The summed E-state index contributed by atoms with van der Waals surface area (Å²) in [4.78, 5) is 73.4. The molecule has 0 aliphatic heterocycles. The summed E-state index contributed by atoms with van der Waals surface area (Å²) in [6.45, 7) is 23.7. The van der Waals surface area contributed by atoms with Crippen molar-refractivity contribution in [1.29, 1.82) is 0 Å². The Morgan fingerprint density at radius 1 is 0.559 bits per heavy atom. The first kappa shape index (κ1) is 77.8. The smallest absolute Gasteiger partial charge is 0.349 e. The number of benzene rings is 4. The molecule has 3 aliphatic carbocycles. The molecule has 4 aromatic carbocycles. The van der Waals surface area contributed by atoms with E-state index in [1.54, 1.807) is 38.1 Å². The summed E-state index contributed by atoms with van der Waals surface area (Å²) < 4.78 is 66.5. The number of carbonyl (C=O) groups is 4. The average Bonchev–Trinajstić information content (AvgIpc) is 0.858. The minimum absolute atomic E-state index is 0.00406.